The zero-order valence-corrected chi connectivity index (χ0v) is 12.1. The Kier molecular flexibility index (Phi) is 3.54. The highest BCUT2D eigenvalue weighted by molar-refractivity contribution is 8.01. The molecule has 0 bridgehead atoms. The summed E-state index contributed by atoms with van der Waals surface area (Å²) in [5.41, 5.74) is 3.63. The van der Waals surface area contributed by atoms with Crippen LogP contribution in [0.2, 0.25) is 0 Å². The highest BCUT2D eigenvalue weighted by Crippen LogP contribution is 2.39. The third kappa shape index (κ3) is 2.51. The summed E-state index contributed by atoms with van der Waals surface area (Å²) in [5, 5.41) is 6.53. The molecule has 0 saturated carbocycles. The lowest BCUT2D eigenvalue weighted by atomic mass is 9.98. The first-order valence-electron chi connectivity index (χ1n) is 6.96. The summed E-state index contributed by atoms with van der Waals surface area (Å²) >= 11 is 1.79. The number of carbonyl (C=O) groups is 1. The lowest BCUT2D eigenvalue weighted by Crippen LogP contribution is -2.35. The summed E-state index contributed by atoms with van der Waals surface area (Å²) in [6.07, 6.45) is 3.13. The molecule has 0 aliphatic carbocycles. The van der Waals surface area contributed by atoms with E-state index in [9.17, 15) is 4.79 Å². The van der Waals surface area contributed by atoms with Gasteiger partial charge < -0.3 is 10.6 Å². The molecule has 3 rings (SSSR count). The molecule has 1 aromatic rings. The molecular formula is C15H20N2OS. The third-order valence-corrected chi connectivity index (χ3v) is 5.61. The first-order valence-corrected chi connectivity index (χ1v) is 7.94. The van der Waals surface area contributed by atoms with Crippen LogP contribution in [-0.2, 0) is 17.8 Å². The quantitative estimate of drug-likeness (QED) is 0.872. The van der Waals surface area contributed by atoms with Gasteiger partial charge in [0.05, 0.1) is 4.75 Å². The maximum atomic E-state index is 12.5. The van der Waals surface area contributed by atoms with E-state index in [1.54, 1.807) is 11.8 Å². The van der Waals surface area contributed by atoms with Crippen molar-refractivity contribution in [2.45, 2.75) is 37.5 Å². The number of hydrogen-bond donors (Lipinski definition) is 2. The van der Waals surface area contributed by atoms with Crippen LogP contribution in [0.1, 0.15) is 30.9 Å². The Morgan fingerprint density at radius 3 is 3.16 bits per heavy atom. The SMILES string of the molecule is CC1(C(=O)Nc2cccc3c2CCNC3)CCCS1. The fourth-order valence-corrected chi connectivity index (χ4v) is 4.07. The van der Waals surface area contributed by atoms with Crippen LogP contribution in [0.4, 0.5) is 5.69 Å². The minimum absolute atomic E-state index is 0.168. The first kappa shape index (κ1) is 13.0. The average molecular weight is 276 g/mol. The van der Waals surface area contributed by atoms with Crippen molar-refractivity contribution in [3.05, 3.63) is 29.3 Å². The minimum Gasteiger partial charge on any atom is -0.325 e. The summed E-state index contributed by atoms with van der Waals surface area (Å²) in [5.74, 6) is 1.27. The molecule has 2 heterocycles. The summed E-state index contributed by atoms with van der Waals surface area (Å²) in [7, 11) is 0. The Morgan fingerprint density at radius 1 is 1.47 bits per heavy atom. The zero-order chi connectivity index (χ0) is 13.3. The molecule has 19 heavy (non-hydrogen) atoms. The normalized spacial score (nSPS) is 25.9. The number of anilines is 1. The van der Waals surface area contributed by atoms with Gasteiger partial charge in [-0.3, -0.25) is 4.79 Å². The van der Waals surface area contributed by atoms with E-state index in [1.165, 1.54) is 11.1 Å². The van der Waals surface area contributed by atoms with Crippen molar-refractivity contribution in [2.75, 3.05) is 17.6 Å². The fraction of sp³-hybridized carbons (Fsp3) is 0.533. The summed E-state index contributed by atoms with van der Waals surface area (Å²) < 4.78 is -0.240. The van der Waals surface area contributed by atoms with Crippen LogP contribution in [0.5, 0.6) is 0 Å². The summed E-state index contributed by atoms with van der Waals surface area (Å²) in [4.78, 5) is 12.5. The standard InChI is InChI=1S/C15H20N2OS/c1-15(7-3-9-19-15)14(18)17-13-5-2-4-11-10-16-8-6-12(11)13/h2,4-5,16H,3,6-10H2,1H3,(H,17,18). The van der Waals surface area contributed by atoms with Crippen molar-refractivity contribution in [3.63, 3.8) is 0 Å². The van der Waals surface area contributed by atoms with E-state index >= 15 is 0 Å². The van der Waals surface area contributed by atoms with E-state index < -0.39 is 0 Å². The molecular weight excluding hydrogens is 256 g/mol. The Labute approximate surface area is 118 Å². The van der Waals surface area contributed by atoms with Gasteiger partial charge in [0.15, 0.2) is 0 Å². The molecule has 0 spiro atoms. The van der Waals surface area contributed by atoms with Gasteiger partial charge in [0.2, 0.25) is 5.91 Å². The molecule has 1 amide bonds. The predicted octanol–water partition coefficient (Wildman–Crippen LogP) is 2.56. The number of rotatable bonds is 2. The monoisotopic (exact) mass is 276 g/mol. The molecule has 2 N–H and O–H groups in total. The third-order valence-electron chi connectivity index (χ3n) is 4.09. The van der Waals surface area contributed by atoms with Crippen LogP contribution in [0.3, 0.4) is 0 Å². The first-order chi connectivity index (χ1) is 9.19. The molecule has 0 radical (unpaired) electrons. The van der Waals surface area contributed by atoms with Crippen molar-refractivity contribution in [1.29, 1.82) is 0 Å². The molecule has 1 atom stereocenters. The van der Waals surface area contributed by atoms with E-state index in [4.69, 9.17) is 0 Å². The van der Waals surface area contributed by atoms with Crippen molar-refractivity contribution in [1.82, 2.24) is 5.32 Å². The van der Waals surface area contributed by atoms with Crippen molar-refractivity contribution < 1.29 is 4.79 Å². The maximum absolute atomic E-state index is 12.5. The molecule has 1 fully saturated rings. The lowest BCUT2D eigenvalue weighted by molar-refractivity contribution is -0.118. The van der Waals surface area contributed by atoms with Gasteiger partial charge >= 0.3 is 0 Å². The number of carbonyl (C=O) groups excluding carboxylic acids is 1. The van der Waals surface area contributed by atoms with Crippen LogP contribution < -0.4 is 10.6 Å². The Balaban J connectivity index is 1.82. The highest BCUT2D eigenvalue weighted by atomic mass is 32.2. The maximum Gasteiger partial charge on any atom is 0.240 e. The molecule has 1 saturated heterocycles. The number of thioether (sulfide) groups is 1. The second-order valence-electron chi connectivity index (χ2n) is 5.51. The fourth-order valence-electron chi connectivity index (χ4n) is 2.86. The molecule has 0 aromatic heterocycles. The van der Waals surface area contributed by atoms with E-state index in [0.29, 0.717) is 0 Å². The number of nitrogens with one attached hydrogen (secondary N) is 2. The van der Waals surface area contributed by atoms with E-state index in [-0.39, 0.29) is 10.7 Å². The van der Waals surface area contributed by atoms with Gasteiger partial charge in [-0.1, -0.05) is 12.1 Å². The van der Waals surface area contributed by atoms with Crippen LogP contribution in [0.15, 0.2) is 18.2 Å². The molecule has 1 aromatic carbocycles. The largest absolute Gasteiger partial charge is 0.325 e. The molecule has 102 valence electrons. The Morgan fingerprint density at radius 2 is 2.37 bits per heavy atom. The molecule has 1 unspecified atom stereocenters. The number of benzene rings is 1. The van der Waals surface area contributed by atoms with Crippen LogP contribution >= 0.6 is 11.8 Å². The second-order valence-corrected chi connectivity index (χ2v) is 7.10. The number of amides is 1. The van der Waals surface area contributed by atoms with Crippen molar-refractivity contribution >= 4 is 23.4 Å². The number of hydrogen-bond acceptors (Lipinski definition) is 3. The molecule has 4 heteroatoms. The van der Waals surface area contributed by atoms with Crippen LogP contribution in [0.25, 0.3) is 0 Å². The van der Waals surface area contributed by atoms with Crippen molar-refractivity contribution in [3.8, 4) is 0 Å². The summed E-state index contributed by atoms with van der Waals surface area (Å²) in [6, 6.07) is 6.21. The van der Waals surface area contributed by atoms with Gasteiger partial charge in [0.1, 0.15) is 0 Å². The lowest BCUT2D eigenvalue weighted by Gasteiger charge is -2.25. The molecule has 2 aliphatic rings. The topological polar surface area (TPSA) is 41.1 Å². The Bertz CT molecular complexity index is 495. The van der Waals surface area contributed by atoms with Crippen LogP contribution in [0, 0.1) is 0 Å². The molecule has 3 nitrogen and oxygen atoms in total. The van der Waals surface area contributed by atoms with Gasteiger partial charge in [0, 0.05) is 12.2 Å². The second kappa shape index (κ2) is 5.17. The zero-order valence-electron chi connectivity index (χ0n) is 11.3. The van der Waals surface area contributed by atoms with E-state index in [1.807, 2.05) is 12.1 Å². The van der Waals surface area contributed by atoms with Gasteiger partial charge in [-0.25, -0.2) is 0 Å². The number of fused-ring (bicyclic) bond motifs is 1. The van der Waals surface area contributed by atoms with Gasteiger partial charge in [-0.2, -0.15) is 0 Å². The molecule has 2 aliphatic heterocycles. The Hall–Kier alpha value is -1.00. The van der Waals surface area contributed by atoms with E-state index in [0.717, 1.165) is 43.8 Å². The van der Waals surface area contributed by atoms with Crippen LogP contribution in [-0.4, -0.2) is 23.0 Å². The van der Waals surface area contributed by atoms with Crippen molar-refractivity contribution in [2.24, 2.45) is 0 Å². The van der Waals surface area contributed by atoms with Gasteiger partial charge in [-0.05, 0) is 55.7 Å². The van der Waals surface area contributed by atoms with Gasteiger partial charge in [0.25, 0.3) is 0 Å². The average Bonchev–Trinajstić information content (AvgIpc) is 2.87. The highest BCUT2D eigenvalue weighted by Gasteiger charge is 2.37. The summed E-state index contributed by atoms with van der Waals surface area (Å²) in [6.45, 7) is 3.97. The predicted molar refractivity (Wildman–Crippen MR) is 80.6 cm³/mol. The smallest absolute Gasteiger partial charge is 0.240 e. The minimum atomic E-state index is -0.240. The van der Waals surface area contributed by atoms with E-state index in [2.05, 4.69) is 23.6 Å². The van der Waals surface area contributed by atoms with Gasteiger partial charge in [-0.15, -0.1) is 11.8 Å².